The Hall–Kier alpha value is -1.54. The lowest BCUT2D eigenvalue weighted by Gasteiger charge is -2.27. The Morgan fingerprint density at radius 1 is 1.11 bits per heavy atom. The number of nitrogens with zero attached hydrogens (tertiary/aromatic N) is 3. The number of nitrogens with one attached hydrogen (secondary N) is 1. The minimum absolute atomic E-state index is 0. The van der Waals surface area contributed by atoms with E-state index in [9.17, 15) is 13.6 Å². The average Bonchev–Trinajstić information content (AvgIpc) is 2.61. The van der Waals surface area contributed by atoms with Crippen molar-refractivity contribution < 1.29 is 8.78 Å². The smallest absolute Gasteiger partial charge is 0.271 e. The van der Waals surface area contributed by atoms with Crippen LogP contribution in [0.1, 0.15) is 19.4 Å². The fourth-order valence-corrected chi connectivity index (χ4v) is 3.09. The highest BCUT2D eigenvalue weighted by molar-refractivity contribution is 5.85. The van der Waals surface area contributed by atoms with Crippen LogP contribution in [0, 0.1) is 17.6 Å². The second-order valence-corrected chi connectivity index (χ2v) is 7.09. The van der Waals surface area contributed by atoms with Crippen LogP contribution in [0.5, 0.6) is 0 Å². The van der Waals surface area contributed by atoms with Gasteiger partial charge in [-0.25, -0.2) is 13.5 Å². The van der Waals surface area contributed by atoms with E-state index in [0.29, 0.717) is 29.9 Å². The third-order valence-corrected chi connectivity index (χ3v) is 4.41. The van der Waals surface area contributed by atoms with E-state index in [2.05, 4.69) is 15.3 Å². The molecule has 1 aromatic carbocycles. The van der Waals surface area contributed by atoms with Gasteiger partial charge in [-0.2, -0.15) is 5.10 Å². The zero-order valence-corrected chi connectivity index (χ0v) is 17.6. The summed E-state index contributed by atoms with van der Waals surface area (Å²) in [5.41, 5.74) is 1.45. The Morgan fingerprint density at radius 3 is 2.39 bits per heavy atom. The van der Waals surface area contributed by atoms with Crippen LogP contribution in [0.2, 0.25) is 0 Å². The Bertz CT molecular complexity index is 839. The van der Waals surface area contributed by atoms with Crippen LogP contribution in [0.15, 0.2) is 29.1 Å². The molecule has 0 aliphatic carbocycles. The first kappa shape index (κ1) is 24.5. The maximum Gasteiger partial charge on any atom is 0.271 e. The van der Waals surface area contributed by atoms with Gasteiger partial charge in [0.15, 0.2) is 11.6 Å². The molecule has 3 rings (SSSR count). The van der Waals surface area contributed by atoms with Crippen molar-refractivity contribution in [1.82, 2.24) is 20.0 Å². The minimum Gasteiger partial charge on any atom is -0.314 e. The quantitative estimate of drug-likeness (QED) is 0.785. The van der Waals surface area contributed by atoms with Crippen LogP contribution >= 0.6 is 24.8 Å². The lowest BCUT2D eigenvalue weighted by Crippen LogP contribution is -2.44. The minimum atomic E-state index is -0.922. The number of piperazine rings is 1. The first-order chi connectivity index (χ1) is 12.4. The monoisotopic (exact) mass is 434 g/mol. The number of benzene rings is 1. The fourth-order valence-electron chi connectivity index (χ4n) is 3.09. The van der Waals surface area contributed by atoms with Crippen LogP contribution in [-0.2, 0) is 13.1 Å². The number of hydrogen-bond acceptors (Lipinski definition) is 4. The summed E-state index contributed by atoms with van der Waals surface area (Å²) in [6, 6.07) is 5.39. The Kier molecular flexibility index (Phi) is 9.50. The largest absolute Gasteiger partial charge is 0.314 e. The molecule has 28 heavy (non-hydrogen) atoms. The molecule has 0 spiro atoms. The molecular weight excluding hydrogens is 409 g/mol. The summed E-state index contributed by atoms with van der Waals surface area (Å²) in [6.07, 6.45) is 0. The highest BCUT2D eigenvalue weighted by Gasteiger charge is 2.16. The molecule has 0 saturated carbocycles. The van der Waals surface area contributed by atoms with Gasteiger partial charge in [-0.05, 0) is 30.2 Å². The first-order valence-corrected chi connectivity index (χ1v) is 8.93. The molecular formula is C19H26Cl2F2N4O. The van der Waals surface area contributed by atoms with E-state index in [4.69, 9.17) is 0 Å². The van der Waals surface area contributed by atoms with Crippen molar-refractivity contribution in [3.8, 4) is 11.3 Å². The molecule has 156 valence electrons. The lowest BCUT2D eigenvalue weighted by atomic mass is 10.1. The van der Waals surface area contributed by atoms with Gasteiger partial charge in [0.25, 0.3) is 5.56 Å². The average molecular weight is 435 g/mol. The van der Waals surface area contributed by atoms with Gasteiger partial charge in [-0.3, -0.25) is 9.69 Å². The zero-order valence-electron chi connectivity index (χ0n) is 16.0. The van der Waals surface area contributed by atoms with E-state index >= 15 is 0 Å². The Balaban J connectivity index is 0.00000196. The van der Waals surface area contributed by atoms with Crippen molar-refractivity contribution in [3.63, 3.8) is 0 Å². The molecule has 1 aliphatic heterocycles. The molecule has 9 heteroatoms. The van der Waals surface area contributed by atoms with E-state index in [1.54, 1.807) is 6.07 Å². The Morgan fingerprint density at radius 2 is 1.79 bits per heavy atom. The second kappa shape index (κ2) is 10.9. The van der Waals surface area contributed by atoms with Gasteiger partial charge in [-0.15, -0.1) is 24.8 Å². The molecule has 2 heterocycles. The lowest BCUT2D eigenvalue weighted by molar-refractivity contribution is 0.231. The molecule has 1 aromatic heterocycles. The molecule has 0 radical (unpaired) electrons. The van der Waals surface area contributed by atoms with E-state index in [1.807, 2.05) is 13.8 Å². The van der Waals surface area contributed by atoms with Gasteiger partial charge >= 0.3 is 0 Å². The van der Waals surface area contributed by atoms with E-state index in [-0.39, 0.29) is 36.3 Å². The first-order valence-electron chi connectivity index (χ1n) is 8.93. The standard InChI is InChI=1S/C19H24F2N4O.2ClH/c1-13(2)11-25-19(26)15(12-24-7-5-22-6-8-24)10-18(23-25)14-3-4-16(20)17(21)9-14;;/h3-4,9-10,13,22H,5-8,11-12H2,1-2H3;2*1H. The van der Waals surface area contributed by atoms with Gasteiger partial charge < -0.3 is 5.32 Å². The molecule has 1 saturated heterocycles. The summed E-state index contributed by atoms with van der Waals surface area (Å²) in [5, 5.41) is 7.68. The van der Waals surface area contributed by atoms with Gasteiger partial charge in [0.05, 0.1) is 5.69 Å². The summed E-state index contributed by atoms with van der Waals surface area (Å²) in [4.78, 5) is 15.0. The molecule has 2 aromatic rings. The highest BCUT2D eigenvalue weighted by Crippen LogP contribution is 2.20. The second-order valence-electron chi connectivity index (χ2n) is 7.09. The Labute approximate surface area is 175 Å². The summed E-state index contributed by atoms with van der Waals surface area (Å²) in [7, 11) is 0. The molecule has 1 fully saturated rings. The molecule has 1 aliphatic rings. The number of rotatable bonds is 5. The highest BCUT2D eigenvalue weighted by atomic mass is 35.5. The number of halogens is 4. The van der Waals surface area contributed by atoms with Crippen molar-refractivity contribution in [3.05, 3.63) is 51.8 Å². The van der Waals surface area contributed by atoms with Gasteiger partial charge in [0.1, 0.15) is 0 Å². The van der Waals surface area contributed by atoms with Crippen LogP contribution in [0.3, 0.4) is 0 Å². The molecule has 0 amide bonds. The molecule has 0 atom stereocenters. The summed E-state index contributed by atoms with van der Waals surface area (Å²) in [5.74, 6) is -1.58. The number of hydrogen-bond donors (Lipinski definition) is 1. The van der Waals surface area contributed by atoms with E-state index in [1.165, 1.54) is 10.7 Å². The van der Waals surface area contributed by atoms with Crippen LogP contribution in [0.4, 0.5) is 8.78 Å². The molecule has 1 N–H and O–H groups in total. The van der Waals surface area contributed by atoms with Crippen molar-refractivity contribution in [2.45, 2.75) is 26.9 Å². The predicted octanol–water partition coefficient (Wildman–Crippen LogP) is 3.09. The van der Waals surface area contributed by atoms with Crippen LogP contribution < -0.4 is 10.9 Å². The van der Waals surface area contributed by atoms with Crippen molar-refractivity contribution in [2.75, 3.05) is 26.2 Å². The summed E-state index contributed by atoms with van der Waals surface area (Å²) in [6.45, 7) is 8.53. The maximum absolute atomic E-state index is 13.6. The van der Waals surface area contributed by atoms with Gasteiger partial charge in [0.2, 0.25) is 0 Å². The molecule has 0 unspecified atom stereocenters. The van der Waals surface area contributed by atoms with Crippen molar-refractivity contribution in [2.24, 2.45) is 5.92 Å². The maximum atomic E-state index is 13.6. The summed E-state index contributed by atoms with van der Waals surface area (Å²) < 4.78 is 28.3. The zero-order chi connectivity index (χ0) is 18.7. The van der Waals surface area contributed by atoms with Gasteiger partial charge in [-0.1, -0.05) is 13.8 Å². The third kappa shape index (κ3) is 5.98. The normalized spacial score (nSPS) is 14.5. The topological polar surface area (TPSA) is 50.2 Å². The predicted molar refractivity (Wildman–Crippen MR) is 111 cm³/mol. The molecule has 5 nitrogen and oxygen atoms in total. The third-order valence-electron chi connectivity index (χ3n) is 4.41. The van der Waals surface area contributed by atoms with Crippen LogP contribution in [-0.4, -0.2) is 40.9 Å². The van der Waals surface area contributed by atoms with Crippen molar-refractivity contribution in [1.29, 1.82) is 0 Å². The molecule has 0 bridgehead atoms. The van der Waals surface area contributed by atoms with Crippen LogP contribution in [0.25, 0.3) is 11.3 Å². The van der Waals surface area contributed by atoms with Gasteiger partial charge in [0, 0.05) is 50.4 Å². The van der Waals surface area contributed by atoms with E-state index < -0.39 is 11.6 Å². The van der Waals surface area contributed by atoms with E-state index in [0.717, 1.165) is 38.3 Å². The summed E-state index contributed by atoms with van der Waals surface area (Å²) >= 11 is 0. The number of aromatic nitrogens is 2. The SMILES string of the molecule is CC(C)Cn1nc(-c2ccc(F)c(F)c2)cc(CN2CCNCC2)c1=O.Cl.Cl. The fraction of sp³-hybridized carbons (Fsp3) is 0.474. The van der Waals surface area contributed by atoms with Crippen molar-refractivity contribution >= 4 is 24.8 Å².